The van der Waals surface area contributed by atoms with E-state index in [4.69, 9.17) is 27.9 Å². The second kappa shape index (κ2) is 8.24. The van der Waals surface area contributed by atoms with Gasteiger partial charge in [-0.15, -0.1) is 0 Å². The van der Waals surface area contributed by atoms with Crippen molar-refractivity contribution >= 4 is 28.9 Å². The maximum absolute atomic E-state index is 13.9. The van der Waals surface area contributed by atoms with Crippen molar-refractivity contribution < 1.29 is 9.13 Å². The fraction of sp³-hybridized carbons (Fsp3) is 0.100. The minimum atomic E-state index is -0.384. The number of anilines is 1. The van der Waals surface area contributed by atoms with Crippen LogP contribution in [0.25, 0.3) is 0 Å². The average Bonchev–Trinajstić information content (AvgIpc) is 2.62. The first-order valence-electron chi connectivity index (χ1n) is 7.76. The van der Waals surface area contributed by atoms with E-state index in [0.717, 1.165) is 11.3 Å². The lowest BCUT2D eigenvalue weighted by Crippen LogP contribution is -2.05. The Kier molecular flexibility index (Phi) is 5.79. The number of para-hydroxylation sites is 1. The van der Waals surface area contributed by atoms with Crippen molar-refractivity contribution in [1.29, 1.82) is 0 Å². The number of hydrogen-bond acceptors (Lipinski definition) is 2. The van der Waals surface area contributed by atoms with Gasteiger partial charge in [-0.3, -0.25) is 0 Å². The van der Waals surface area contributed by atoms with Gasteiger partial charge in [0.05, 0.1) is 5.02 Å². The van der Waals surface area contributed by atoms with Gasteiger partial charge in [-0.1, -0.05) is 47.5 Å². The standard InChI is InChI=1S/C20H16Cl2FNO/c21-15-9-10-20(25-13-17-18(22)7-4-8-19(17)23)14(11-15)12-24-16-5-2-1-3-6-16/h1-11,24H,12-13H2. The quantitative estimate of drug-likeness (QED) is 0.543. The Bertz CT molecular complexity index is 835. The first kappa shape index (κ1) is 17.6. The minimum Gasteiger partial charge on any atom is -0.488 e. The fourth-order valence-corrected chi connectivity index (χ4v) is 2.81. The highest BCUT2D eigenvalue weighted by atomic mass is 35.5. The van der Waals surface area contributed by atoms with Crippen LogP contribution in [0.3, 0.4) is 0 Å². The highest BCUT2D eigenvalue weighted by molar-refractivity contribution is 6.31. The molecule has 1 N–H and O–H groups in total. The Morgan fingerprint density at radius 1 is 0.920 bits per heavy atom. The molecule has 0 radical (unpaired) electrons. The Hall–Kier alpha value is -2.23. The van der Waals surface area contributed by atoms with Gasteiger partial charge >= 0.3 is 0 Å². The van der Waals surface area contributed by atoms with Crippen LogP contribution in [0.4, 0.5) is 10.1 Å². The van der Waals surface area contributed by atoms with Gasteiger partial charge in [0.2, 0.25) is 0 Å². The van der Waals surface area contributed by atoms with Crippen LogP contribution in [-0.2, 0) is 13.2 Å². The van der Waals surface area contributed by atoms with Crippen LogP contribution in [-0.4, -0.2) is 0 Å². The number of hydrogen-bond donors (Lipinski definition) is 1. The molecule has 0 aliphatic heterocycles. The van der Waals surface area contributed by atoms with Crippen LogP contribution in [0.2, 0.25) is 10.0 Å². The Labute approximate surface area is 156 Å². The molecule has 25 heavy (non-hydrogen) atoms. The van der Waals surface area contributed by atoms with Crippen molar-refractivity contribution in [3.05, 3.63) is 93.7 Å². The van der Waals surface area contributed by atoms with E-state index in [9.17, 15) is 4.39 Å². The van der Waals surface area contributed by atoms with E-state index in [-0.39, 0.29) is 12.4 Å². The summed E-state index contributed by atoms with van der Waals surface area (Å²) in [6, 6.07) is 19.7. The van der Waals surface area contributed by atoms with Crippen molar-refractivity contribution in [2.45, 2.75) is 13.2 Å². The molecule has 0 unspecified atom stereocenters. The summed E-state index contributed by atoms with van der Waals surface area (Å²) in [6.07, 6.45) is 0. The lowest BCUT2D eigenvalue weighted by atomic mass is 10.2. The summed E-state index contributed by atoms with van der Waals surface area (Å²) in [5.41, 5.74) is 2.20. The summed E-state index contributed by atoms with van der Waals surface area (Å²) in [5, 5.41) is 4.27. The van der Waals surface area contributed by atoms with Crippen LogP contribution in [0.15, 0.2) is 66.7 Å². The SMILES string of the molecule is Fc1cccc(Cl)c1COc1ccc(Cl)cc1CNc1ccccc1. The second-order valence-corrected chi connectivity index (χ2v) is 6.30. The monoisotopic (exact) mass is 375 g/mol. The van der Waals surface area contributed by atoms with E-state index < -0.39 is 0 Å². The third kappa shape index (κ3) is 4.65. The van der Waals surface area contributed by atoms with Crippen LogP contribution in [0.1, 0.15) is 11.1 Å². The molecule has 0 aromatic heterocycles. The zero-order valence-corrected chi connectivity index (χ0v) is 14.8. The van der Waals surface area contributed by atoms with Crippen LogP contribution < -0.4 is 10.1 Å². The van der Waals surface area contributed by atoms with Gasteiger partial charge in [0, 0.05) is 28.4 Å². The third-order valence-corrected chi connectivity index (χ3v) is 4.30. The summed E-state index contributed by atoms with van der Waals surface area (Å²) < 4.78 is 19.7. The van der Waals surface area contributed by atoms with Crippen LogP contribution in [0.5, 0.6) is 5.75 Å². The van der Waals surface area contributed by atoms with E-state index in [0.29, 0.717) is 27.9 Å². The molecule has 0 saturated heterocycles. The summed E-state index contributed by atoms with van der Waals surface area (Å²) in [4.78, 5) is 0. The Morgan fingerprint density at radius 2 is 1.72 bits per heavy atom. The van der Waals surface area contributed by atoms with Crippen molar-refractivity contribution in [2.75, 3.05) is 5.32 Å². The largest absolute Gasteiger partial charge is 0.488 e. The van der Waals surface area contributed by atoms with Gasteiger partial charge in [-0.25, -0.2) is 4.39 Å². The van der Waals surface area contributed by atoms with Gasteiger partial charge in [-0.05, 0) is 42.5 Å². The van der Waals surface area contributed by atoms with Crippen molar-refractivity contribution in [3.63, 3.8) is 0 Å². The lowest BCUT2D eigenvalue weighted by molar-refractivity contribution is 0.297. The van der Waals surface area contributed by atoms with Gasteiger partial charge in [0.1, 0.15) is 18.2 Å². The van der Waals surface area contributed by atoms with E-state index in [2.05, 4.69) is 5.32 Å². The van der Waals surface area contributed by atoms with Crippen molar-refractivity contribution in [1.82, 2.24) is 0 Å². The summed E-state index contributed by atoms with van der Waals surface area (Å²) >= 11 is 12.2. The maximum atomic E-state index is 13.9. The van der Waals surface area contributed by atoms with Crippen LogP contribution in [0, 0.1) is 5.82 Å². The summed E-state index contributed by atoms with van der Waals surface area (Å²) in [6.45, 7) is 0.580. The molecule has 0 amide bonds. The summed E-state index contributed by atoms with van der Waals surface area (Å²) in [5.74, 6) is 0.248. The zero-order chi connectivity index (χ0) is 17.6. The molecule has 3 aromatic rings. The molecule has 0 bridgehead atoms. The Morgan fingerprint density at radius 3 is 2.48 bits per heavy atom. The number of ether oxygens (including phenoxy) is 1. The summed E-state index contributed by atoms with van der Waals surface area (Å²) in [7, 11) is 0. The number of benzene rings is 3. The molecule has 128 valence electrons. The molecule has 3 aromatic carbocycles. The minimum absolute atomic E-state index is 0.0471. The van der Waals surface area contributed by atoms with Gasteiger partial charge in [-0.2, -0.15) is 0 Å². The van der Waals surface area contributed by atoms with Crippen molar-refractivity contribution in [2.24, 2.45) is 0 Å². The number of rotatable bonds is 6. The number of halogens is 3. The molecule has 0 aliphatic rings. The van der Waals surface area contributed by atoms with E-state index in [1.54, 1.807) is 24.3 Å². The first-order chi connectivity index (χ1) is 12.1. The molecule has 2 nitrogen and oxygen atoms in total. The molecule has 0 spiro atoms. The zero-order valence-electron chi connectivity index (χ0n) is 13.3. The molecule has 0 heterocycles. The van der Waals surface area contributed by atoms with Gasteiger partial charge < -0.3 is 10.1 Å². The topological polar surface area (TPSA) is 21.3 Å². The molecular formula is C20H16Cl2FNO. The molecule has 5 heteroatoms. The predicted molar refractivity (Wildman–Crippen MR) is 101 cm³/mol. The molecular weight excluding hydrogens is 360 g/mol. The molecule has 0 atom stereocenters. The van der Waals surface area contributed by atoms with E-state index in [1.807, 2.05) is 36.4 Å². The van der Waals surface area contributed by atoms with Gasteiger partial charge in [0.25, 0.3) is 0 Å². The first-order valence-corrected chi connectivity index (χ1v) is 8.52. The molecule has 3 rings (SSSR count). The van der Waals surface area contributed by atoms with E-state index >= 15 is 0 Å². The van der Waals surface area contributed by atoms with Crippen molar-refractivity contribution in [3.8, 4) is 5.75 Å². The fourth-order valence-electron chi connectivity index (χ4n) is 2.40. The average molecular weight is 376 g/mol. The van der Waals surface area contributed by atoms with Gasteiger partial charge in [0.15, 0.2) is 0 Å². The van der Waals surface area contributed by atoms with E-state index in [1.165, 1.54) is 6.07 Å². The predicted octanol–water partition coefficient (Wildman–Crippen LogP) is 6.32. The highest BCUT2D eigenvalue weighted by Gasteiger charge is 2.10. The highest BCUT2D eigenvalue weighted by Crippen LogP contribution is 2.27. The lowest BCUT2D eigenvalue weighted by Gasteiger charge is -2.14. The number of nitrogens with one attached hydrogen (secondary N) is 1. The smallest absolute Gasteiger partial charge is 0.131 e. The van der Waals surface area contributed by atoms with Crippen LogP contribution >= 0.6 is 23.2 Å². The third-order valence-electron chi connectivity index (χ3n) is 3.71. The molecule has 0 fully saturated rings. The normalized spacial score (nSPS) is 10.5. The molecule has 0 aliphatic carbocycles. The Balaban J connectivity index is 1.75. The maximum Gasteiger partial charge on any atom is 0.131 e. The second-order valence-electron chi connectivity index (χ2n) is 5.46. The molecule has 0 saturated carbocycles.